The maximum Gasteiger partial charge on any atom is 0.220 e. The molecule has 0 spiro atoms. The van der Waals surface area contributed by atoms with Crippen molar-refractivity contribution in [1.82, 2.24) is 20.5 Å². The summed E-state index contributed by atoms with van der Waals surface area (Å²) in [6.07, 6.45) is 22.5. The van der Waals surface area contributed by atoms with Crippen LogP contribution in [-0.2, 0) is 9.59 Å². The van der Waals surface area contributed by atoms with E-state index in [0.29, 0.717) is 58.7 Å². The van der Waals surface area contributed by atoms with Crippen molar-refractivity contribution in [2.24, 2.45) is 10.7 Å². The van der Waals surface area contributed by atoms with Gasteiger partial charge in [-0.05, 0) is 97.0 Å². The summed E-state index contributed by atoms with van der Waals surface area (Å²) in [5, 5.41) is 9.66. The number of rotatable bonds is 20. The van der Waals surface area contributed by atoms with Crippen molar-refractivity contribution < 1.29 is 9.59 Å². The number of amides is 2. The van der Waals surface area contributed by atoms with E-state index < -0.39 is 0 Å². The van der Waals surface area contributed by atoms with Crippen molar-refractivity contribution in [3.05, 3.63) is 155 Å². The van der Waals surface area contributed by atoms with E-state index in [9.17, 15) is 9.59 Å². The van der Waals surface area contributed by atoms with Crippen molar-refractivity contribution >= 4 is 69.9 Å². The molecule has 0 saturated heterocycles. The highest BCUT2D eigenvalue weighted by Crippen LogP contribution is 2.48. The van der Waals surface area contributed by atoms with Gasteiger partial charge in [0.05, 0.1) is 33.5 Å². The Morgan fingerprint density at radius 1 is 0.762 bits per heavy atom. The smallest absolute Gasteiger partial charge is 0.220 e. The Hall–Kier alpha value is -5.66. The largest absolute Gasteiger partial charge is 0.355 e. The monoisotopic (exact) mass is 878 g/mol. The van der Waals surface area contributed by atoms with Crippen LogP contribution in [0.25, 0.3) is 17.0 Å². The summed E-state index contributed by atoms with van der Waals surface area (Å²) >= 11 is 3.55. The molecule has 4 aromatic rings. The maximum absolute atomic E-state index is 12.9. The van der Waals surface area contributed by atoms with Crippen molar-refractivity contribution in [3.8, 4) is 0 Å². The number of unbranched alkanes of at least 4 members (excludes halogenated alkanes) is 2. The third-order valence-electron chi connectivity index (χ3n) is 11.0. The molecule has 326 valence electrons. The number of nitrogens with zero attached hydrogens (tertiary/aromatic N) is 5. The number of allylic oxidation sites excluding steroid dienone is 7. The van der Waals surface area contributed by atoms with Crippen LogP contribution in [0.1, 0.15) is 44.1 Å². The van der Waals surface area contributed by atoms with Gasteiger partial charge in [0.1, 0.15) is 0 Å². The lowest BCUT2D eigenvalue weighted by Gasteiger charge is -2.22. The van der Waals surface area contributed by atoms with Crippen LogP contribution < -0.4 is 26.2 Å². The molecule has 0 aliphatic carbocycles. The van der Waals surface area contributed by atoms with Gasteiger partial charge < -0.3 is 26.2 Å². The van der Waals surface area contributed by atoms with E-state index in [1.165, 1.54) is 26.2 Å². The van der Waals surface area contributed by atoms with Gasteiger partial charge in [0.2, 0.25) is 11.8 Å². The second-order valence-electron chi connectivity index (χ2n) is 15.5. The minimum Gasteiger partial charge on any atom is -0.355 e. The van der Waals surface area contributed by atoms with Crippen LogP contribution in [0.5, 0.6) is 0 Å². The number of pyridine rings is 1. The lowest BCUT2D eigenvalue weighted by molar-refractivity contribution is -0.121. The summed E-state index contributed by atoms with van der Waals surface area (Å²) < 4.78 is 0. The molecule has 0 saturated carbocycles. The molecule has 2 amide bonds. The molecule has 3 aliphatic rings. The van der Waals surface area contributed by atoms with Gasteiger partial charge in [0.25, 0.3) is 0 Å². The van der Waals surface area contributed by atoms with Gasteiger partial charge in [0.15, 0.2) is 0 Å². The minimum absolute atomic E-state index is 0.0514. The molecule has 0 fully saturated rings. The zero-order chi connectivity index (χ0) is 43.6. The number of carbonyl (C=O) groups excluding carboxylic acids is 2. The number of thioether (sulfide) groups is 2. The number of anilines is 2. The molecule has 4 N–H and O–H groups in total. The first-order chi connectivity index (χ1) is 31.0. The van der Waals surface area contributed by atoms with E-state index in [1.807, 2.05) is 54.9 Å². The fraction of sp³-hybridized carbons (Fsp3) is 0.294. The standard InChI is InChI=1S/C51H58N8O2S2/c1-39-15-3-2-12-27-53-28-24-40(39)37-50-58(44-18-6-8-20-46(44)62-50)32-13-10-22-48(60)55-30-35-57(34-26-52)36-31-56-49(61)23-11-14-33-59-45-19-7-9-21-47(45)63-51(59)38-41-25-29-54-43-17-5-4-16-42(41)43/h2-9,12,15-21,24-25,28-29,37-38H,1,10-11,13-14,22-23,26-27,30-36,52H2,(H,55,60)(H,56,61)/b12-2-,15-3-,40-24-,50-37-,51-38-,53-28-. The highest BCUT2D eigenvalue weighted by atomic mass is 32.2. The number of nitrogens with one attached hydrogen (secondary N) is 2. The SMILES string of the molecule is C=C1/C=C\C=C/C\N=C/C=C1/C=C1\Sc2ccccc2N1CCCCC(=O)NCCN(CCN)CCNC(=O)CCCCN1/C(=C/c2ccnc3ccccc23)Sc2ccccc21. The van der Waals surface area contributed by atoms with Crippen molar-refractivity contribution in [2.45, 2.75) is 48.3 Å². The van der Waals surface area contributed by atoms with E-state index in [-0.39, 0.29) is 11.8 Å². The van der Waals surface area contributed by atoms with Gasteiger partial charge in [-0.15, -0.1) is 0 Å². The molecule has 3 aromatic carbocycles. The summed E-state index contributed by atoms with van der Waals surface area (Å²) in [5.74, 6) is 0.109. The van der Waals surface area contributed by atoms with E-state index in [2.05, 4.69) is 121 Å². The molecule has 4 heterocycles. The Morgan fingerprint density at radius 2 is 1.38 bits per heavy atom. The van der Waals surface area contributed by atoms with Gasteiger partial charge in [-0.3, -0.25) is 24.5 Å². The van der Waals surface area contributed by atoms with Gasteiger partial charge in [-0.25, -0.2) is 0 Å². The molecule has 7 rings (SSSR count). The molecule has 0 radical (unpaired) electrons. The zero-order valence-electron chi connectivity index (χ0n) is 36.0. The molecule has 63 heavy (non-hydrogen) atoms. The first-order valence-electron chi connectivity index (χ1n) is 22.0. The van der Waals surface area contributed by atoms with E-state index in [0.717, 1.165) is 71.4 Å². The van der Waals surface area contributed by atoms with Crippen LogP contribution in [-0.4, -0.2) is 86.8 Å². The lowest BCUT2D eigenvalue weighted by atomic mass is 10.1. The Morgan fingerprint density at radius 3 is 2.05 bits per heavy atom. The topological polar surface area (TPSA) is 119 Å². The van der Waals surface area contributed by atoms with Crippen LogP contribution >= 0.6 is 23.5 Å². The number of hydrogen-bond acceptors (Lipinski definition) is 10. The van der Waals surface area contributed by atoms with Gasteiger partial charge in [0, 0.05) is 92.8 Å². The number of benzene rings is 3. The maximum atomic E-state index is 12.9. The van der Waals surface area contributed by atoms with Gasteiger partial charge >= 0.3 is 0 Å². The molecule has 12 heteroatoms. The number of aliphatic imine (C=N–C) groups is 1. The Bertz CT molecular complexity index is 2420. The normalized spacial score (nSPS) is 18.3. The van der Waals surface area contributed by atoms with E-state index >= 15 is 0 Å². The first-order valence-corrected chi connectivity index (χ1v) is 23.6. The third kappa shape index (κ3) is 13.0. The third-order valence-corrected chi connectivity index (χ3v) is 13.2. The molecule has 3 aliphatic heterocycles. The Balaban J connectivity index is 0.804. The summed E-state index contributed by atoms with van der Waals surface area (Å²) in [4.78, 5) is 44.1. The fourth-order valence-corrected chi connectivity index (χ4v) is 10.00. The van der Waals surface area contributed by atoms with Gasteiger partial charge in [-0.2, -0.15) is 0 Å². The number of hydrogen-bond donors (Lipinski definition) is 3. The quantitative estimate of drug-likeness (QED) is 0.0748. The molecule has 0 unspecified atom stereocenters. The number of nitrogens with two attached hydrogens (primary N) is 1. The molecule has 0 bridgehead atoms. The molecule has 10 nitrogen and oxygen atoms in total. The molecule has 1 aromatic heterocycles. The number of para-hydroxylation sites is 3. The van der Waals surface area contributed by atoms with Crippen LogP contribution in [0.2, 0.25) is 0 Å². The van der Waals surface area contributed by atoms with Crippen LogP contribution in [0.3, 0.4) is 0 Å². The average molecular weight is 879 g/mol. The number of carbonyl (C=O) groups is 2. The predicted octanol–water partition coefficient (Wildman–Crippen LogP) is 9.11. The number of aromatic nitrogens is 1. The van der Waals surface area contributed by atoms with Crippen molar-refractivity contribution in [3.63, 3.8) is 0 Å². The summed E-state index contributed by atoms with van der Waals surface area (Å²) in [5.41, 5.74) is 12.4. The van der Waals surface area contributed by atoms with Crippen LogP contribution in [0.15, 0.2) is 164 Å². The predicted molar refractivity (Wildman–Crippen MR) is 265 cm³/mol. The van der Waals surface area contributed by atoms with E-state index in [1.54, 1.807) is 23.5 Å². The average Bonchev–Trinajstić information content (AvgIpc) is 3.83. The molecular formula is C51H58N8O2S2. The zero-order valence-corrected chi connectivity index (χ0v) is 37.6. The fourth-order valence-electron chi connectivity index (χ4n) is 7.71. The lowest BCUT2D eigenvalue weighted by Crippen LogP contribution is -2.41. The van der Waals surface area contributed by atoms with Gasteiger partial charge in [-0.1, -0.05) is 96.9 Å². The molecule has 0 atom stereocenters. The summed E-state index contributed by atoms with van der Waals surface area (Å²) in [7, 11) is 0. The van der Waals surface area contributed by atoms with Crippen molar-refractivity contribution in [1.29, 1.82) is 0 Å². The Labute approximate surface area is 380 Å². The summed E-state index contributed by atoms with van der Waals surface area (Å²) in [6.45, 7) is 10.2. The summed E-state index contributed by atoms with van der Waals surface area (Å²) in [6, 6.07) is 27.3. The van der Waals surface area contributed by atoms with Crippen molar-refractivity contribution in [2.75, 3.05) is 68.7 Å². The molecular weight excluding hydrogens is 821 g/mol. The first kappa shape index (κ1) is 45.4. The van der Waals surface area contributed by atoms with Crippen LogP contribution in [0.4, 0.5) is 11.4 Å². The number of fused-ring (bicyclic) bond motifs is 3. The highest BCUT2D eigenvalue weighted by Gasteiger charge is 2.26. The highest BCUT2D eigenvalue weighted by molar-refractivity contribution is 8.04. The minimum atomic E-state index is 0.0514. The Kier molecular flexibility index (Phi) is 17.1. The van der Waals surface area contributed by atoms with E-state index in [4.69, 9.17) is 5.73 Å². The van der Waals surface area contributed by atoms with Crippen LogP contribution in [0, 0.1) is 0 Å². The second-order valence-corrected chi connectivity index (χ2v) is 17.6. The second kappa shape index (κ2) is 23.7.